The minimum Gasteiger partial charge on any atom is -0.484 e. The van der Waals surface area contributed by atoms with Crippen LogP contribution in [0.5, 0.6) is 5.75 Å². The van der Waals surface area contributed by atoms with Crippen molar-refractivity contribution >= 4 is 33.9 Å². The Morgan fingerprint density at radius 3 is 2.53 bits per heavy atom. The van der Waals surface area contributed by atoms with Crippen LogP contribution in [-0.2, 0) is 22.4 Å². The number of nitro groups is 1. The van der Waals surface area contributed by atoms with Crippen LogP contribution in [0, 0.1) is 21.4 Å². The molecule has 172 valence electrons. The Morgan fingerprint density at radius 2 is 1.94 bits per heavy atom. The van der Waals surface area contributed by atoms with E-state index < -0.39 is 16.8 Å². The molecule has 1 heterocycles. The van der Waals surface area contributed by atoms with E-state index in [2.05, 4.69) is 26.1 Å². The van der Waals surface area contributed by atoms with Crippen molar-refractivity contribution in [2.75, 3.05) is 18.5 Å². The Labute approximate surface area is 191 Å². The van der Waals surface area contributed by atoms with Crippen LogP contribution in [0.4, 0.5) is 10.7 Å². The third-order valence-corrected chi connectivity index (χ3v) is 6.81. The number of nitro benzene ring substituents is 1. The van der Waals surface area contributed by atoms with E-state index in [-0.39, 0.29) is 24.3 Å². The number of carbonyl (C=O) groups is 2. The maximum absolute atomic E-state index is 12.7. The van der Waals surface area contributed by atoms with Crippen LogP contribution < -0.4 is 10.1 Å². The monoisotopic (exact) mass is 460 g/mol. The van der Waals surface area contributed by atoms with Crippen molar-refractivity contribution in [1.82, 2.24) is 0 Å². The summed E-state index contributed by atoms with van der Waals surface area (Å²) < 4.78 is 10.7. The third kappa shape index (κ3) is 5.45. The summed E-state index contributed by atoms with van der Waals surface area (Å²) in [5, 5.41) is 14.0. The van der Waals surface area contributed by atoms with E-state index in [0.29, 0.717) is 22.2 Å². The van der Waals surface area contributed by atoms with E-state index in [1.807, 2.05) is 0 Å². The van der Waals surface area contributed by atoms with Gasteiger partial charge in [0.1, 0.15) is 10.8 Å². The van der Waals surface area contributed by atoms with Crippen LogP contribution in [0.25, 0.3) is 0 Å². The van der Waals surface area contributed by atoms with Gasteiger partial charge in [-0.3, -0.25) is 14.9 Å². The van der Waals surface area contributed by atoms with Gasteiger partial charge in [-0.15, -0.1) is 11.3 Å². The third-order valence-electron chi connectivity index (χ3n) is 5.64. The number of amides is 1. The zero-order chi connectivity index (χ0) is 23.5. The van der Waals surface area contributed by atoms with Gasteiger partial charge in [-0.05, 0) is 55.2 Å². The summed E-state index contributed by atoms with van der Waals surface area (Å²) in [4.78, 5) is 36.6. The number of nitrogens with one attached hydrogen (secondary N) is 1. The van der Waals surface area contributed by atoms with Crippen molar-refractivity contribution in [3.05, 3.63) is 50.4 Å². The first-order valence-electron chi connectivity index (χ1n) is 10.6. The van der Waals surface area contributed by atoms with Crippen LogP contribution >= 0.6 is 11.3 Å². The molecule has 1 atom stereocenters. The van der Waals surface area contributed by atoms with Crippen LogP contribution in [0.2, 0.25) is 0 Å². The fraction of sp³-hybridized carbons (Fsp3) is 0.478. The molecule has 9 heteroatoms. The number of fused-ring (bicyclic) bond motifs is 1. The average molecular weight is 461 g/mol. The number of hydrogen-bond acceptors (Lipinski definition) is 7. The molecule has 1 aliphatic carbocycles. The lowest BCUT2D eigenvalue weighted by Gasteiger charge is -2.33. The van der Waals surface area contributed by atoms with Crippen molar-refractivity contribution < 1.29 is 24.0 Å². The van der Waals surface area contributed by atoms with Crippen molar-refractivity contribution in [3.8, 4) is 5.75 Å². The molecule has 1 aromatic heterocycles. The normalized spacial score (nSPS) is 15.6. The molecule has 0 spiro atoms. The quantitative estimate of drug-likeness (QED) is 0.354. The van der Waals surface area contributed by atoms with Crippen LogP contribution in [0.1, 0.15) is 54.9 Å². The molecule has 1 aromatic carbocycles. The highest BCUT2D eigenvalue weighted by Gasteiger charge is 2.34. The maximum Gasteiger partial charge on any atom is 0.341 e. The number of ether oxygens (including phenoxy) is 2. The molecule has 1 N–H and O–H groups in total. The van der Waals surface area contributed by atoms with Gasteiger partial charge in [0, 0.05) is 17.0 Å². The van der Waals surface area contributed by atoms with Gasteiger partial charge >= 0.3 is 5.97 Å². The summed E-state index contributed by atoms with van der Waals surface area (Å²) in [6.07, 6.45) is 2.62. The Hall–Kier alpha value is -2.94. The molecule has 0 aliphatic heterocycles. The summed E-state index contributed by atoms with van der Waals surface area (Å²) in [5.74, 6) is -0.00163. The first-order valence-corrected chi connectivity index (χ1v) is 11.4. The molecule has 3 rings (SSSR count). The second-order valence-electron chi connectivity index (χ2n) is 8.82. The zero-order valence-electron chi connectivity index (χ0n) is 18.7. The van der Waals surface area contributed by atoms with Gasteiger partial charge in [0.15, 0.2) is 6.61 Å². The topological polar surface area (TPSA) is 108 Å². The van der Waals surface area contributed by atoms with E-state index in [1.54, 1.807) is 6.92 Å². The van der Waals surface area contributed by atoms with E-state index in [1.165, 1.54) is 35.6 Å². The molecule has 32 heavy (non-hydrogen) atoms. The standard InChI is InChI=1S/C23H28N2O6S/c1-5-30-22(27)20-17-11-6-14(23(2,3)4)12-18(17)32-21(20)24-19(26)13-31-16-9-7-15(8-10-16)25(28)29/h7-10,14H,5-6,11-13H2,1-4H3,(H,24,26)/t14-/m0/s1. The number of thiophene rings is 1. The molecule has 0 unspecified atom stereocenters. The van der Waals surface area contributed by atoms with Crippen molar-refractivity contribution in [2.45, 2.75) is 47.0 Å². The number of rotatable bonds is 7. The minimum absolute atomic E-state index is 0.0568. The Bertz CT molecular complexity index is 1010. The average Bonchev–Trinajstić information content (AvgIpc) is 3.09. The molecule has 0 radical (unpaired) electrons. The molecule has 8 nitrogen and oxygen atoms in total. The molecular weight excluding hydrogens is 432 g/mol. The summed E-state index contributed by atoms with van der Waals surface area (Å²) in [6, 6.07) is 5.49. The van der Waals surface area contributed by atoms with Crippen molar-refractivity contribution in [3.63, 3.8) is 0 Å². The van der Waals surface area contributed by atoms with E-state index >= 15 is 0 Å². The van der Waals surface area contributed by atoms with E-state index in [9.17, 15) is 19.7 Å². The number of non-ortho nitro benzene ring substituents is 1. The Morgan fingerprint density at radius 1 is 1.25 bits per heavy atom. The molecule has 0 saturated heterocycles. The highest BCUT2D eigenvalue weighted by atomic mass is 32.1. The Kier molecular flexibility index (Phi) is 7.18. The predicted molar refractivity (Wildman–Crippen MR) is 122 cm³/mol. The van der Waals surface area contributed by atoms with E-state index in [0.717, 1.165) is 29.7 Å². The lowest BCUT2D eigenvalue weighted by molar-refractivity contribution is -0.384. The van der Waals surface area contributed by atoms with Gasteiger partial charge in [0.2, 0.25) is 0 Å². The van der Waals surface area contributed by atoms with Gasteiger partial charge in [0.25, 0.3) is 11.6 Å². The fourth-order valence-corrected chi connectivity index (χ4v) is 5.14. The Balaban J connectivity index is 1.74. The molecule has 0 bridgehead atoms. The maximum atomic E-state index is 12.7. The fourth-order valence-electron chi connectivity index (χ4n) is 3.81. The summed E-state index contributed by atoms with van der Waals surface area (Å²) >= 11 is 1.43. The number of esters is 1. The van der Waals surface area contributed by atoms with Gasteiger partial charge < -0.3 is 14.8 Å². The van der Waals surface area contributed by atoms with Crippen molar-refractivity contribution in [1.29, 1.82) is 0 Å². The van der Waals surface area contributed by atoms with Gasteiger partial charge in [0.05, 0.1) is 17.1 Å². The smallest absolute Gasteiger partial charge is 0.341 e. The lowest BCUT2D eigenvalue weighted by Crippen LogP contribution is -2.26. The van der Waals surface area contributed by atoms with Crippen LogP contribution in [-0.4, -0.2) is 30.0 Å². The zero-order valence-corrected chi connectivity index (χ0v) is 19.5. The van der Waals surface area contributed by atoms with Gasteiger partial charge in [-0.2, -0.15) is 0 Å². The first kappa shape index (κ1) is 23.7. The second kappa shape index (κ2) is 9.68. The molecule has 0 saturated carbocycles. The molecule has 2 aromatic rings. The second-order valence-corrected chi connectivity index (χ2v) is 9.93. The number of hydrogen-bond donors (Lipinski definition) is 1. The summed E-state index contributed by atoms with van der Waals surface area (Å²) in [5.41, 5.74) is 1.52. The summed E-state index contributed by atoms with van der Waals surface area (Å²) in [6.45, 7) is 8.39. The number of anilines is 1. The predicted octanol–water partition coefficient (Wildman–Crippen LogP) is 5.00. The van der Waals surface area contributed by atoms with Gasteiger partial charge in [-0.25, -0.2) is 4.79 Å². The molecular formula is C23H28N2O6S. The molecule has 0 fully saturated rings. The minimum atomic E-state index is -0.504. The van der Waals surface area contributed by atoms with E-state index in [4.69, 9.17) is 9.47 Å². The first-order chi connectivity index (χ1) is 15.1. The highest BCUT2D eigenvalue weighted by Crippen LogP contribution is 2.44. The van der Waals surface area contributed by atoms with Crippen molar-refractivity contribution in [2.24, 2.45) is 11.3 Å². The number of nitrogens with zero attached hydrogens (tertiary/aromatic N) is 1. The summed E-state index contributed by atoms with van der Waals surface area (Å²) in [7, 11) is 0. The highest BCUT2D eigenvalue weighted by molar-refractivity contribution is 7.17. The lowest BCUT2D eigenvalue weighted by atomic mass is 9.72. The van der Waals surface area contributed by atoms with Crippen LogP contribution in [0.15, 0.2) is 24.3 Å². The van der Waals surface area contributed by atoms with Crippen LogP contribution in [0.3, 0.4) is 0 Å². The largest absolute Gasteiger partial charge is 0.484 e. The van der Waals surface area contributed by atoms with Gasteiger partial charge in [-0.1, -0.05) is 20.8 Å². The molecule has 1 amide bonds. The molecule has 1 aliphatic rings. The SMILES string of the molecule is CCOC(=O)c1c(NC(=O)COc2ccc([N+](=O)[O-])cc2)sc2c1CC[C@H](C(C)(C)C)C2. The number of benzene rings is 1. The number of carbonyl (C=O) groups excluding carboxylic acids is 2.